The fourth-order valence-electron chi connectivity index (χ4n) is 1.12. The Bertz CT molecular complexity index is 403. The van der Waals surface area contributed by atoms with Crippen molar-refractivity contribution in [3.05, 3.63) is 12.0 Å². The summed E-state index contributed by atoms with van der Waals surface area (Å²) in [4.78, 5) is 17.5. The number of halogens is 2. The van der Waals surface area contributed by atoms with E-state index < -0.39 is 19.3 Å². The van der Waals surface area contributed by atoms with E-state index in [-0.39, 0.29) is 24.6 Å². The molecule has 0 saturated heterocycles. The lowest BCUT2D eigenvalue weighted by molar-refractivity contribution is 0.0595. The van der Waals surface area contributed by atoms with Crippen LogP contribution in [0.2, 0.25) is 0 Å². The smallest absolute Gasteiger partial charge is 0.358 e. The van der Waals surface area contributed by atoms with Gasteiger partial charge in [-0.2, -0.15) is 0 Å². The molecule has 0 aliphatic carbocycles. The molecule has 0 atom stereocenters. The van der Waals surface area contributed by atoms with E-state index in [1.165, 1.54) is 13.4 Å². The molecule has 0 spiro atoms. The zero-order chi connectivity index (χ0) is 13.4. The van der Waals surface area contributed by atoms with Crippen LogP contribution in [0.1, 0.15) is 10.5 Å². The van der Waals surface area contributed by atoms with Gasteiger partial charge in [0, 0.05) is 0 Å². The van der Waals surface area contributed by atoms with Gasteiger partial charge in [0.1, 0.15) is 13.3 Å². The zero-order valence-corrected chi connectivity index (χ0v) is 9.77. The van der Waals surface area contributed by atoms with Gasteiger partial charge in [-0.25, -0.2) is 18.6 Å². The van der Waals surface area contributed by atoms with E-state index in [1.54, 1.807) is 0 Å². The van der Waals surface area contributed by atoms with Crippen molar-refractivity contribution in [2.45, 2.75) is 0 Å². The number of ether oxygens (including phenoxy) is 1. The first-order valence-corrected chi connectivity index (χ1v) is 5.13. The Morgan fingerprint density at radius 1 is 1.50 bits per heavy atom. The summed E-state index contributed by atoms with van der Waals surface area (Å²) in [5, 5.41) is 8.37. The number of carbonyl (C=O) groups excluding carboxylic acids is 1. The second-order valence-electron chi connectivity index (χ2n) is 3.11. The average Bonchev–Trinajstić information content (AvgIpc) is 2.84. The maximum absolute atomic E-state index is 12.1. The first-order chi connectivity index (χ1) is 8.72. The number of rotatable bonds is 7. The second kappa shape index (κ2) is 7.30. The molecule has 1 heterocycles. The van der Waals surface area contributed by atoms with E-state index >= 15 is 0 Å². The molecule has 0 fully saturated rings. The lowest BCUT2D eigenvalue weighted by Gasteiger charge is -2.12. The summed E-state index contributed by atoms with van der Waals surface area (Å²) in [7, 11) is 1.21. The highest BCUT2D eigenvalue weighted by Gasteiger charge is 2.14. The number of esters is 1. The molecule has 18 heavy (non-hydrogen) atoms. The van der Waals surface area contributed by atoms with E-state index in [2.05, 4.69) is 25.0 Å². The van der Waals surface area contributed by atoms with E-state index in [4.69, 9.17) is 0 Å². The fraction of sp³-hybridized carbons (Fsp3) is 0.556. The van der Waals surface area contributed by atoms with Gasteiger partial charge in [-0.1, -0.05) is 5.22 Å². The van der Waals surface area contributed by atoms with Gasteiger partial charge >= 0.3 is 5.97 Å². The number of methoxy groups -OCH3 is 1. The van der Waals surface area contributed by atoms with Crippen LogP contribution in [0.15, 0.2) is 16.7 Å². The monoisotopic (exact) mass is 261 g/mol. The number of aromatic nitrogens is 2. The van der Waals surface area contributed by atoms with E-state index in [9.17, 15) is 13.6 Å². The van der Waals surface area contributed by atoms with Crippen molar-refractivity contribution in [3.63, 3.8) is 0 Å². The van der Waals surface area contributed by atoms with Gasteiger partial charge in [0.15, 0.2) is 5.69 Å². The highest BCUT2D eigenvalue weighted by molar-refractivity contribution is 5.91. The molecule has 0 saturated carbocycles. The molecule has 9 heteroatoms. The Labute approximate surface area is 102 Å². The minimum atomic E-state index is -0.677. The Morgan fingerprint density at radius 3 is 2.72 bits per heavy atom. The molecule has 1 aromatic rings. The molecule has 0 aromatic carbocycles. The third kappa shape index (κ3) is 3.75. The number of H-pyrrole nitrogens is 1. The second-order valence-corrected chi connectivity index (χ2v) is 3.11. The minimum Gasteiger partial charge on any atom is -0.464 e. The van der Waals surface area contributed by atoms with Crippen molar-refractivity contribution in [1.29, 1.82) is 0 Å². The summed E-state index contributed by atoms with van der Waals surface area (Å²) < 4.78 is 28.8. The maximum Gasteiger partial charge on any atom is 0.358 e. The fourth-order valence-corrected chi connectivity index (χ4v) is 1.12. The van der Waals surface area contributed by atoms with Crippen molar-refractivity contribution < 1.29 is 18.3 Å². The van der Waals surface area contributed by atoms with Crippen LogP contribution in [0.3, 0.4) is 0 Å². The molecule has 100 valence electrons. The topological polar surface area (TPSA) is 82.9 Å². The standard InChI is InChI=1S/C9H13F2N5O2/c1-18-9(17)7-8(13-6-12-7)14-15-16(4-2-10)5-3-11/h6H,2-5H2,1H3,(H,12,13). The molecular weight excluding hydrogens is 248 g/mol. The van der Waals surface area contributed by atoms with Crippen LogP contribution in [0.5, 0.6) is 0 Å². The number of hydrogen-bond donors (Lipinski definition) is 1. The first kappa shape index (κ1) is 14.0. The average molecular weight is 261 g/mol. The van der Waals surface area contributed by atoms with Gasteiger partial charge in [-0.15, -0.1) is 5.11 Å². The normalized spacial score (nSPS) is 10.8. The van der Waals surface area contributed by atoms with Gasteiger partial charge in [0.05, 0.1) is 26.5 Å². The molecule has 0 aliphatic rings. The summed E-state index contributed by atoms with van der Waals surface area (Å²) in [6, 6.07) is 0. The van der Waals surface area contributed by atoms with Crippen LogP contribution >= 0.6 is 0 Å². The Kier molecular flexibility index (Phi) is 5.68. The number of imidazole rings is 1. The summed E-state index contributed by atoms with van der Waals surface area (Å²) in [6.45, 7) is -1.51. The third-order valence-corrected chi connectivity index (χ3v) is 1.96. The van der Waals surface area contributed by atoms with E-state index in [1.807, 2.05) is 0 Å². The van der Waals surface area contributed by atoms with Gasteiger partial charge < -0.3 is 9.72 Å². The molecular formula is C9H13F2N5O2. The predicted octanol–water partition coefficient (Wildman–Crippen LogP) is 1.44. The molecule has 0 amide bonds. The highest BCUT2D eigenvalue weighted by atomic mass is 19.1. The summed E-state index contributed by atoms with van der Waals surface area (Å²) in [6.07, 6.45) is 1.25. The number of alkyl halides is 2. The number of nitrogens with one attached hydrogen (secondary N) is 1. The lowest BCUT2D eigenvalue weighted by Crippen LogP contribution is -2.22. The third-order valence-electron chi connectivity index (χ3n) is 1.96. The van der Waals surface area contributed by atoms with Crippen molar-refractivity contribution >= 4 is 11.8 Å². The maximum atomic E-state index is 12.1. The number of hydrogen-bond acceptors (Lipinski definition) is 5. The minimum absolute atomic E-state index is 0.00423. The summed E-state index contributed by atoms with van der Waals surface area (Å²) >= 11 is 0. The SMILES string of the molecule is COC(=O)c1[nH]cnc1N=NN(CCF)CCF. The van der Waals surface area contributed by atoms with Crippen LogP contribution in [-0.4, -0.2) is 54.5 Å². The van der Waals surface area contributed by atoms with Crippen LogP contribution in [0, 0.1) is 0 Å². The first-order valence-electron chi connectivity index (χ1n) is 5.13. The molecule has 0 radical (unpaired) electrons. The molecule has 0 aliphatic heterocycles. The number of aromatic amines is 1. The highest BCUT2D eigenvalue weighted by Crippen LogP contribution is 2.15. The van der Waals surface area contributed by atoms with E-state index in [0.29, 0.717) is 0 Å². The Balaban J connectivity index is 2.75. The zero-order valence-electron chi connectivity index (χ0n) is 9.77. The van der Waals surface area contributed by atoms with E-state index in [0.717, 1.165) is 5.01 Å². The molecule has 0 bridgehead atoms. The summed E-state index contributed by atoms with van der Waals surface area (Å²) in [5.41, 5.74) is 0.0293. The van der Waals surface area contributed by atoms with Gasteiger partial charge in [0.2, 0.25) is 5.82 Å². The van der Waals surface area contributed by atoms with Crippen molar-refractivity contribution in [3.8, 4) is 0 Å². The number of nitrogens with zero attached hydrogens (tertiary/aromatic N) is 4. The van der Waals surface area contributed by atoms with Crippen molar-refractivity contribution in [2.75, 3.05) is 33.5 Å². The van der Waals surface area contributed by atoms with Crippen LogP contribution in [-0.2, 0) is 4.74 Å². The van der Waals surface area contributed by atoms with Crippen molar-refractivity contribution in [1.82, 2.24) is 15.0 Å². The Morgan fingerprint density at radius 2 is 2.17 bits per heavy atom. The Hall–Kier alpha value is -2.06. The van der Waals surface area contributed by atoms with Gasteiger partial charge in [0.25, 0.3) is 0 Å². The van der Waals surface area contributed by atoms with Gasteiger partial charge in [-0.3, -0.25) is 5.01 Å². The van der Waals surface area contributed by atoms with Gasteiger partial charge in [-0.05, 0) is 0 Å². The van der Waals surface area contributed by atoms with Crippen LogP contribution in [0.4, 0.5) is 14.6 Å². The molecule has 1 N–H and O–H groups in total. The molecule has 1 aromatic heterocycles. The van der Waals surface area contributed by atoms with Crippen LogP contribution < -0.4 is 0 Å². The molecule has 1 rings (SSSR count). The summed E-state index contributed by atoms with van der Waals surface area (Å²) in [5.74, 6) is -0.645. The van der Waals surface area contributed by atoms with Crippen LogP contribution in [0.25, 0.3) is 0 Å². The van der Waals surface area contributed by atoms with Crippen molar-refractivity contribution in [2.24, 2.45) is 10.3 Å². The lowest BCUT2D eigenvalue weighted by atomic mass is 10.4. The number of carbonyl (C=O) groups is 1. The molecule has 7 nitrogen and oxygen atoms in total. The largest absolute Gasteiger partial charge is 0.464 e. The quantitative estimate of drug-likeness (QED) is 0.457. The molecule has 0 unspecified atom stereocenters. The predicted molar refractivity (Wildman–Crippen MR) is 58.0 cm³/mol.